The van der Waals surface area contributed by atoms with Crippen molar-refractivity contribution in [3.63, 3.8) is 0 Å². The zero-order valence-corrected chi connectivity index (χ0v) is 10.8. The molecule has 0 N–H and O–H groups in total. The largest absolute Gasteiger partial charge is 0.373 e. The number of halogens is 1. The number of hydrogen-bond donors (Lipinski definition) is 0. The number of hydrogen-bond acceptors (Lipinski definition) is 3. The predicted octanol–water partition coefficient (Wildman–Crippen LogP) is 2.01. The average Bonchev–Trinajstić information content (AvgIpc) is 3.06. The van der Waals surface area contributed by atoms with Gasteiger partial charge in [0.05, 0.1) is 29.7 Å². The van der Waals surface area contributed by atoms with Crippen LogP contribution in [0.3, 0.4) is 0 Å². The van der Waals surface area contributed by atoms with Gasteiger partial charge in [0.2, 0.25) is 11.8 Å². The Labute approximate surface area is 115 Å². The lowest BCUT2D eigenvalue weighted by Crippen LogP contribution is -2.34. The predicted molar refractivity (Wildman–Crippen MR) is 68.8 cm³/mol. The molecule has 4 rings (SSSR count). The zero-order valence-electron chi connectivity index (χ0n) is 10.1. The van der Waals surface area contributed by atoms with Crippen molar-refractivity contribution in [2.45, 2.75) is 25.0 Å². The molecular weight excluding hydrogens is 266 g/mol. The summed E-state index contributed by atoms with van der Waals surface area (Å²) in [5.41, 5.74) is 0.605. The second-order valence-electron chi connectivity index (χ2n) is 5.33. The van der Waals surface area contributed by atoms with Crippen molar-refractivity contribution in [1.29, 1.82) is 0 Å². The van der Waals surface area contributed by atoms with Crippen LogP contribution in [0.1, 0.15) is 12.8 Å². The molecular formula is C14H12ClNO3. The first-order valence-electron chi connectivity index (χ1n) is 6.45. The van der Waals surface area contributed by atoms with Crippen molar-refractivity contribution in [1.82, 2.24) is 0 Å². The molecule has 3 saturated heterocycles. The van der Waals surface area contributed by atoms with Gasteiger partial charge < -0.3 is 4.74 Å². The monoisotopic (exact) mass is 277 g/mol. The Hall–Kier alpha value is -1.39. The highest BCUT2D eigenvalue weighted by molar-refractivity contribution is 6.30. The fourth-order valence-electron chi connectivity index (χ4n) is 3.56. The summed E-state index contributed by atoms with van der Waals surface area (Å²) in [5.74, 6) is -0.794. The molecule has 5 heteroatoms. The average molecular weight is 278 g/mol. The molecule has 4 atom stereocenters. The lowest BCUT2D eigenvalue weighted by atomic mass is 9.81. The van der Waals surface area contributed by atoms with E-state index in [4.69, 9.17) is 16.3 Å². The third kappa shape index (κ3) is 1.44. The van der Waals surface area contributed by atoms with Crippen LogP contribution in [0.15, 0.2) is 24.3 Å². The first-order chi connectivity index (χ1) is 9.16. The minimum Gasteiger partial charge on any atom is -0.373 e. The molecule has 98 valence electrons. The minimum absolute atomic E-state index is 0.0660. The maximum absolute atomic E-state index is 12.5. The molecule has 3 aliphatic heterocycles. The highest BCUT2D eigenvalue weighted by Crippen LogP contribution is 2.49. The molecule has 0 saturated carbocycles. The Balaban J connectivity index is 1.73. The van der Waals surface area contributed by atoms with Gasteiger partial charge in [0, 0.05) is 5.02 Å². The Morgan fingerprint density at radius 2 is 1.53 bits per heavy atom. The van der Waals surface area contributed by atoms with E-state index < -0.39 is 0 Å². The molecule has 0 aromatic heterocycles. The maximum Gasteiger partial charge on any atom is 0.240 e. The van der Waals surface area contributed by atoms with E-state index in [0.29, 0.717) is 10.7 Å². The van der Waals surface area contributed by atoms with Crippen LogP contribution in [0, 0.1) is 11.8 Å². The van der Waals surface area contributed by atoms with Crippen LogP contribution in [0.5, 0.6) is 0 Å². The standard InChI is InChI=1S/C14H12ClNO3/c15-7-1-3-8(4-2-7)16-13(17)11-9-5-6-10(19-9)12(11)14(16)18/h1-4,9-12H,5-6H2. The first kappa shape index (κ1) is 11.4. The second-order valence-corrected chi connectivity index (χ2v) is 5.77. The fraction of sp³-hybridized carbons (Fsp3) is 0.429. The van der Waals surface area contributed by atoms with Crippen molar-refractivity contribution in [2.24, 2.45) is 11.8 Å². The molecule has 3 heterocycles. The molecule has 1 aromatic carbocycles. The molecule has 3 fully saturated rings. The Morgan fingerprint density at radius 3 is 2.05 bits per heavy atom. The van der Waals surface area contributed by atoms with E-state index in [9.17, 15) is 9.59 Å². The fourth-order valence-corrected chi connectivity index (χ4v) is 3.68. The number of rotatable bonds is 1. The van der Waals surface area contributed by atoms with Gasteiger partial charge in [-0.2, -0.15) is 0 Å². The smallest absolute Gasteiger partial charge is 0.240 e. The molecule has 3 aliphatic rings. The van der Waals surface area contributed by atoms with Crippen LogP contribution in [0.2, 0.25) is 5.02 Å². The van der Waals surface area contributed by atoms with E-state index in [-0.39, 0.29) is 35.9 Å². The second kappa shape index (κ2) is 3.81. The van der Waals surface area contributed by atoms with Gasteiger partial charge >= 0.3 is 0 Å². The molecule has 0 radical (unpaired) electrons. The van der Waals surface area contributed by atoms with Crippen LogP contribution in [0.4, 0.5) is 5.69 Å². The van der Waals surface area contributed by atoms with Gasteiger partial charge in [-0.3, -0.25) is 9.59 Å². The Bertz CT molecular complexity index is 543. The summed E-state index contributed by atoms with van der Waals surface area (Å²) in [6.07, 6.45) is 1.64. The third-order valence-electron chi connectivity index (χ3n) is 4.37. The van der Waals surface area contributed by atoms with Crippen molar-refractivity contribution in [3.8, 4) is 0 Å². The molecule has 2 amide bonds. The number of imide groups is 1. The number of anilines is 1. The van der Waals surface area contributed by atoms with Gasteiger partial charge in [-0.15, -0.1) is 0 Å². The van der Waals surface area contributed by atoms with Crippen molar-refractivity contribution in [2.75, 3.05) is 4.90 Å². The lowest BCUT2D eigenvalue weighted by molar-refractivity contribution is -0.124. The summed E-state index contributed by atoms with van der Waals surface area (Å²) >= 11 is 5.83. The number of benzene rings is 1. The first-order valence-corrected chi connectivity index (χ1v) is 6.83. The number of nitrogens with zero attached hydrogens (tertiary/aromatic N) is 1. The van der Waals surface area contributed by atoms with Gasteiger partial charge in [0.15, 0.2) is 0 Å². The van der Waals surface area contributed by atoms with E-state index in [1.54, 1.807) is 24.3 Å². The summed E-state index contributed by atoms with van der Waals surface area (Å²) in [6, 6.07) is 6.80. The zero-order chi connectivity index (χ0) is 13.1. The van der Waals surface area contributed by atoms with E-state index in [0.717, 1.165) is 12.8 Å². The van der Waals surface area contributed by atoms with Crippen LogP contribution in [-0.4, -0.2) is 24.0 Å². The number of carbonyl (C=O) groups is 2. The molecule has 0 spiro atoms. The normalized spacial score (nSPS) is 36.2. The minimum atomic E-state index is -0.276. The van der Waals surface area contributed by atoms with E-state index in [2.05, 4.69) is 0 Å². The van der Waals surface area contributed by atoms with Gasteiger partial charge in [0.1, 0.15) is 0 Å². The van der Waals surface area contributed by atoms with Crippen molar-refractivity contribution in [3.05, 3.63) is 29.3 Å². The highest BCUT2D eigenvalue weighted by atomic mass is 35.5. The topological polar surface area (TPSA) is 46.6 Å². The van der Waals surface area contributed by atoms with Crippen LogP contribution < -0.4 is 4.90 Å². The van der Waals surface area contributed by atoms with Crippen molar-refractivity contribution >= 4 is 29.1 Å². The number of fused-ring (bicyclic) bond motifs is 5. The number of carbonyl (C=O) groups excluding carboxylic acids is 2. The lowest BCUT2D eigenvalue weighted by Gasteiger charge is -2.17. The summed E-state index contributed by atoms with van der Waals surface area (Å²) in [5, 5.41) is 0.589. The highest BCUT2D eigenvalue weighted by Gasteiger charge is 2.62. The van der Waals surface area contributed by atoms with Gasteiger partial charge in [0.25, 0.3) is 0 Å². The van der Waals surface area contributed by atoms with Gasteiger partial charge in [-0.25, -0.2) is 4.90 Å². The van der Waals surface area contributed by atoms with Crippen molar-refractivity contribution < 1.29 is 14.3 Å². The number of ether oxygens (including phenoxy) is 1. The molecule has 19 heavy (non-hydrogen) atoms. The van der Waals surface area contributed by atoms with E-state index in [1.165, 1.54) is 4.90 Å². The maximum atomic E-state index is 12.5. The summed E-state index contributed by atoms with van der Waals surface area (Å²) < 4.78 is 5.69. The van der Waals surface area contributed by atoms with E-state index >= 15 is 0 Å². The number of amides is 2. The molecule has 2 bridgehead atoms. The van der Waals surface area contributed by atoms with Crippen LogP contribution in [-0.2, 0) is 14.3 Å². The van der Waals surface area contributed by atoms with E-state index in [1.807, 2.05) is 0 Å². The van der Waals surface area contributed by atoms with Crippen LogP contribution >= 0.6 is 11.6 Å². The summed E-state index contributed by atoms with van der Waals surface area (Å²) in [4.78, 5) is 26.2. The van der Waals surface area contributed by atoms with Gasteiger partial charge in [-0.05, 0) is 37.1 Å². The van der Waals surface area contributed by atoms with Gasteiger partial charge in [-0.1, -0.05) is 11.6 Å². The third-order valence-corrected chi connectivity index (χ3v) is 4.62. The molecule has 4 nitrogen and oxygen atoms in total. The summed E-state index contributed by atoms with van der Waals surface area (Å²) in [6.45, 7) is 0. The molecule has 4 unspecified atom stereocenters. The Morgan fingerprint density at radius 1 is 1.00 bits per heavy atom. The molecule has 1 aromatic rings. The quantitative estimate of drug-likeness (QED) is 0.738. The summed E-state index contributed by atoms with van der Waals surface area (Å²) in [7, 11) is 0. The van der Waals surface area contributed by atoms with Crippen LogP contribution in [0.25, 0.3) is 0 Å². The SMILES string of the molecule is O=C1C2C3CCC(O3)C2C(=O)N1c1ccc(Cl)cc1. The molecule has 0 aliphatic carbocycles. The Kier molecular flexibility index (Phi) is 2.29.